The number of fused-ring (bicyclic) bond motifs is 1. The summed E-state index contributed by atoms with van der Waals surface area (Å²) >= 11 is 0. The first-order valence-electron chi connectivity index (χ1n) is 7.92. The van der Waals surface area contributed by atoms with Crippen molar-refractivity contribution in [3.05, 3.63) is 30.2 Å². The standard InChI is InChI=1S/C16H22N4O/c1-6-20-12-15(13-2-9-21-10-3-13)18-16(20)11-14(1)19-7-4-17-5-8-19/h1,6,11-13,17H,2-5,7-10H2. The summed E-state index contributed by atoms with van der Waals surface area (Å²) in [5, 5.41) is 3.39. The van der Waals surface area contributed by atoms with Crippen LogP contribution in [0.15, 0.2) is 24.5 Å². The number of hydrogen-bond acceptors (Lipinski definition) is 4. The van der Waals surface area contributed by atoms with Gasteiger partial charge in [-0.2, -0.15) is 0 Å². The zero-order valence-corrected chi connectivity index (χ0v) is 12.3. The van der Waals surface area contributed by atoms with E-state index >= 15 is 0 Å². The molecule has 0 spiro atoms. The van der Waals surface area contributed by atoms with Gasteiger partial charge in [-0.15, -0.1) is 0 Å². The van der Waals surface area contributed by atoms with E-state index in [9.17, 15) is 0 Å². The Kier molecular flexibility index (Phi) is 3.53. The summed E-state index contributed by atoms with van der Waals surface area (Å²) in [4.78, 5) is 7.29. The smallest absolute Gasteiger partial charge is 0.139 e. The lowest BCUT2D eigenvalue weighted by atomic mass is 9.97. The minimum atomic E-state index is 0.557. The third kappa shape index (κ3) is 2.63. The first kappa shape index (κ1) is 13.1. The van der Waals surface area contributed by atoms with Gasteiger partial charge in [-0.3, -0.25) is 0 Å². The van der Waals surface area contributed by atoms with Crippen LogP contribution in [0.4, 0.5) is 5.69 Å². The molecule has 0 unspecified atom stereocenters. The molecule has 0 bridgehead atoms. The van der Waals surface area contributed by atoms with E-state index < -0.39 is 0 Å². The molecule has 0 aromatic carbocycles. The zero-order valence-electron chi connectivity index (χ0n) is 12.3. The van der Waals surface area contributed by atoms with E-state index in [1.807, 2.05) is 0 Å². The highest BCUT2D eigenvalue weighted by Crippen LogP contribution is 2.27. The number of ether oxygens (including phenoxy) is 1. The van der Waals surface area contributed by atoms with E-state index in [2.05, 4.69) is 39.1 Å². The third-order valence-electron chi connectivity index (χ3n) is 4.58. The maximum atomic E-state index is 5.45. The molecule has 2 fully saturated rings. The van der Waals surface area contributed by atoms with Crippen LogP contribution >= 0.6 is 0 Å². The average Bonchev–Trinajstić information content (AvgIpc) is 2.99. The maximum absolute atomic E-state index is 5.45. The molecular weight excluding hydrogens is 264 g/mol. The molecule has 2 aliphatic heterocycles. The summed E-state index contributed by atoms with van der Waals surface area (Å²) in [6, 6.07) is 4.42. The fourth-order valence-corrected chi connectivity index (χ4v) is 3.30. The van der Waals surface area contributed by atoms with E-state index in [1.165, 1.54) is 11.4 Å². The van der Waals surface area contributed by atoms with Crippen LogP contribution < -0.4 is 10.2 Å². The first-order valence-corrected chi connectivity index (χ1v) is 7.92. The van der Waals surface area contributed by atoms with Gasteiger partial charge in [0.15, 0.2) is 0 Å². The zero-order chi connectivity index (χ0) is 14.1. The molecule has 4 rings (SSSR count). The quantitative estimate of drug-likeness (QED) is 0.911. The number of nitrogens with one attached hydrogen (secondary N) is 1. The second-order valence-corrected chi connectivity index (χ2v) is 5.94. The maximum Gasteiger partial charge on any atom is 0.139 e. The molecule has 2 aliphatic rings. The van der Waals surface area contributed by atoms with E-state index in [1.54, 1.807) is 0 Å². The first-order chi connectivity index (χ1) is 10.4. The van der Waals surface area contributed by atoms with Crippen LogP contribution in [0.3, 0.4) is 0 Å². The largest absolute Gasteiger partial charge is 0.381 e. The Morgan fingerprint density at radius 1 is 1.19 bits per heavy atom. The lowest BCUT2D eigenvalue weighted by molar-refractivity contribution is 0.0846. The number of aromatic nitrogens is 2. The third-order valence-corrected chi connectivity index (χ3v) is 4.58. The fraction of sp³-hybridized carbons (Fsp3) is 0.562. The number of hydrogen-bond donors (Lipinski definition) is 1. The van der Waals surface area contributed by atoms with Crippen LogP contribution in [-0.2, 0) is 4.74 Å². The van der Waals surface area contributed by atoms with Gasteiger partial charge >= 0.3 is 0 Å². The van der Waals surface area contributed by atoms with Crippen molar-refractivity contribution in [3.8, 4) is 0 Å². The monoisotopic (exact) mass is 286 g/mol. The van der Waals surface area contributed by atoms with Crippen molar-refractivity contribution in [3.63, 3.8) is 0 Å². The Bertz CT molecular complexity index is 596. The van der Waals surface area contributed by atoms with Crippen molar-refractivity contribution < 1.29 is 4.74 Å². The van der Waals surface area contributed by atoms with Gasteiger partial charge in [0.2, 0.25) is 0 Å². The van der Waals surface area contributed by atoms with Crippen LogP contribution in [0.2, 0.25) is 0 Å². The van der Waals surface area contributed by atoms with E-state index in [0.717, 1.165) is 57.9 Å². The molecule has 2 aromatic heterocycles. The van der Waals surface area contributed by atoms with Crippen LogP contribution in [0.25, 0.3) is 5.65 Å². The summed E-state index contributed by atoms with van der Waals surface area (Å²) < 4.78 is 7.60. The van der Waals surface area contributed by atoms with Crippen molar-refractivity contribution in [1.82, 2.24) is 14.7 Å². The lowest BCUT2D eigenvalue weighted by Gasteiger charge is -2.29. The molecule has 5 nitrogen and oxygen atoms in total. The number of nitrogens with zero attached hydrogens (tertiary/aromatic N) is 3. The van der Waals surface area contributed by atoms with Gasteiger partial charge in [-0.1, -0.05) is 0 Å². The minimum Gasteiger partial charge on any atom is -0.381 e. The Hall–Kier alpha value is -1.59. The second-order valence-electron chi connectivity index (χ2n) is 5.94. The molecule has 21 heavy (non-hydrogen) atoms. The van der Waals surface area contributed by atoms with Crippen LogP contribution in [-0.4, -0.2) is 48.8 Å². The molecule has 0 radical (unpaired) electrons. The number of imidazole rings is 1. The highest BCUT2D eigenvalue weighted by molar-refractivity contribution is 5.57. The molecule has 2 saturated heterocycles. The van der Waals surface area contributed by atoms with Crippen molar-refractivity contribution >= 4 is 11.3 Å². The molecule has 2 aromatic rings. The van der Waals surface area contributed by atoms with Crippen molar-refractivity contribution in [1.29, 1.82) is 0 Å². The van der Waals surface area contributed by atoms with Crippen LogP contribution in [0.1, 0.15) is 24.5 Å². The van der Waals surface area contributed by atoms with Gasteiger partial charge in [0.1, 0.15) is 5.65 Å². The van der Waals surface area contributed by atoms with Gasteiger partial charge in [0.05, 0.1) is 5.69 Å². The second kappa shape index (κ2) is 5.66. The SMILES string of the molecule is c1cn2cc(C3CCOCC3)nc2cc1N1CCNCC1. The Balaban J connectivity index is 1.61. The molecule has 112 valence electrons. The molecule has 0 saturated carbocycles. The topological polar surface area (TPSA) is 41.8 Å². The summed E-state index contributed by atoms with van der Waals surface area (Å²) in [5.41, 5.74) is 3.57. The predicted octanol–water partition coefficient (Wildman–Crippen LogP) is 1.64. The summed E-state index contributed by atoms with van der Waals surface area (Å²) in [6.07, 6.45) is 6.51. The number of piperazine rings is 1. The molecule has 5 heteroatoms. The highest BCUT2D eigenvalue weighted by atomic mass is 16.5. The number of anilines is 1. The highest BCUT2D eigenvalue weighted by Gasteiger charge is 2.19. The Morgan fingerprint density at radius 3 is 2.81 bits per heavy atom. The van der Waals surface area contributed by atoms with Gasteiger partial charge in [0, 0.05) is 69.5 Å². The molecule has 1 N–H and O–H groups in total. The van der Waals surface area contributed by atoms with E-state index in [-0.39, 0.29) is 0 Å². The molecule has 4 heterocycles. The summed E-state index contributed by atoms with van der Waals surface area (Å²) in [7, 11) is 0. The van der Waals surface area contributed by atoms with Crippen LogP contribution in [0.5, 0.6) is 0 Å². The van der Waals surface area contributed by atoms with Crippen molar-refractivity contribution in [2.24, 2.45) is 0 Å². The fourth-order valence-electron chi connectivity index (χ4n) is 3.30. The van der Waals surface area contributed by atoms with Gasteiger partial charge in [-0.25, -0.2) is 4.98 Å². The number of rotatable bonds is 2. The Labute approximate surface area is 124 Å². The van der Waals surface area contributed by atoms with E-state index in [0.29, 0.717) is 5.92 Å². The lowest BCUT2D eigenvalue weighted by Crippen LogP contribution is -2.43. The molecular formula is C16H22N4O. The molecule has 0 aliphatic carbocycles. The molecule has 0 amide bonds. The molecule has 0 atom stereocenters. The van der Waals surface area contributed by atoms with Gasteiger partial charge in [0.25, 0.3) is 0 Å². The van der Waals surface area contributed by atoms with Gasteiger partial charge < -0.3 is 19.4 Å². The normalized spacial score (nSPS) is 21.0. The minimum absolute atomic E-state index is 0.557. The van der Waals surface area contributed by atoms with Crippen LogP contribution in [0, 0.1) is 0 Å². The van der Waals surface area contributed by atoms with Crippen molar-refractivity contribution in [2.75, 3.05) is 44.3 Å². The number of pyridine rings is 1. The summed E-state index contributed by atoms with van der Waals surface area (Å²) in [5.74, 6) is 0.557. The van der Waals surface area contributed by atoms with Crippen molar-refractivity contribution in [2.45, 2.75) is 18.8 Å². The summed E-state index contributed by atoms with van der Waals surface area (Å²) in [6.45, 7) is 6.00. The predicted molar refractivity (Wildman–Crippen MR) is 83.1 cm³/mol. The Morgan fingerprint density at radius 2 is 2.00 bits per heavy atom. The van der Waals surface area contributed by atoms with E-state index in [4.69, 9.17) is 9.72 Å². The average molecular weight is 286 g/mol. The van der Waals surface area contributed by atoms with Gasteiger partial charge in [-0.05, 0) is 18.9 Å².